The van der Waals surface area contributed by atoms with E-state index in [4.69, 9.17) is 5.26 Å². The van der Waals surface area contributed by atoms with E-state index in [1.807, 2.05) is 18.0 Å². The first kappa shape index (κ1) is 13.0. The summed E-state index contributed by atoms with van der Waals surface area (Å²) in [6, 6.07) is 12.3. The summed E-state index contributed by atoms with van der Waals surface area (Å²) in [4.78, 5) is 10.1. The minimum absolute atomic E-state index is 0.396. The van der Waals surface area contributed by atoms with Crippen LogP contribution in [0.3, 0.4) is 0 Å². The zero-order valence-corrected chi connectivity index (χ0v) is 11.2. The minimum Gasteiger partial charge on any atom is -0.359 e. The Morgan fingerprint density at radius 2 is 1.95 bits per heavy atom. The lowest BCUT2D eigenvalue weighted by Gasteiger charge is -2.17. The molecule has 4 heteroatoms. The first-order chi connectivity index (χ1) is 9.19. The summed E-state index contributed by atoms with van der Waals surface area (Å²) in [5.41, 5.74) is 2.96. The molecule has 0 saturated carbocycles. The molecule has 0 aliphatic heterocycles. The van der Waals surface area contributed by atoms with Crippen LogP contribution in [-0.2, 0) is 6.42 Å². The lowest BCUT2D eigenvalue weighted by Crippen LogP contribution is -2.21. The van der Waals surface area contributed by atoms with Crippen LogP contribution in [0.15, 0.2) is 36.7 Å². The lowest BCUT2D eigenvalue weighted by molar-refractivity contribution is 0.854. The van der Waals surface area contributed by atoms with E-state index in [0.717, 1.165) is 18.8 Å². The van der Waals surface area contributed by atoms with E-state index in [1.54, 1.807) is 6.07 Å². The highest BCUT2D eigenvalue weighted by Gasteiger charge is 2.04. The molecule has 1 aromatic carbocycles. The topological polar surface area (TPSA) is 52.8 Å². The maximum Gasteiger partial charge on any atom is 0.145 e. The quantitative estimate of drug-likeness (QED) is 0.838. The summed E-state index contributed by atoms with van der Waals surface area (Å²) in [6.07, 6.45) is 2.37. The van der Waals surface area contributed by atoms with Gasteiger partial charge in [-0.05, 0) is 18.9 Å². The van der Waals surface area contributed by atoms with E-state index in [1.165, 1.54) is 17.5 Å². The summed E-state index contributed by atoms with van der Waals surface area (Å²) in [5, 5.41) is 8.82. The van der Waals surface area contributed by atoms with Crippen molar-refractivity contribution in [3.63, 3.8) is 0 Å². The minimum atomic E-state index is 0.396. The fourth-order valence-corrected chi connectivity index (χ4v) is 1.78. The third-order valence-corrected chi connectivity index (χ3v) is 3.01. The van der Waals surface area contributed by atoms with Gasteiger partial charge in [-0.15, -0.1) is 0 Å². The molecule has 0 saturated heterocycles. The molecule has 0 spiro atoms. The molecule has 0 radical (unpaired) electrons. The Labute approximate surface area is 113 Å². The summed E-state index contributed by atoms with van der Waals surface area (Å²) in [5.74, 6) is 0.777. The smallest absolute Gasteiger partial charge is 0.145 e. The van der Waals surface area contributed by atoms with Gasteiger partial charge in [0.05, 0.1) is 0 Å². The average molecular weight is 252 g/mol. The van der Waals surface area contributed by atoms with Gasteiger partial charge in [-0.1, -0.05) is 29.8 Å². The Balaban J connectivity index is 1.99. The number of rotatable bonds is 4. The van der Waals surface area contributed by atoms with Crippen molar-refractivity contribution >= 4 is 5.82 Å². The van der Waals surface area contributed by atoms with E-state index in [2.05, 4.69) is 41.2 Å². The fourth-order valence-electron chi connectivity index (χ4n) is 1.78. The second-order valence-electron chi connectivity index (χ2n) is 4.53. The first-order valence-electron chi connectivity index (χ1n) is 6.18. The van der Waals surface area contributed by atoms with Crippen molar-refractivity contribution < 1.29 is 0 Å². The third kappa shape index (κ3) is 3.52. The molecule has 1 heterocycles. The molecule has 0 aliphatic carbocycles. The number of aryl methyl sites for hydroxylation is 1. The number of likely N-dealkylation sites (N-methyl/N-ethyl adjacent to an activating group) is 1. The third-order valence-electron chi connectivity index (χ3n) is 3.01. The van der Waals surface area contributed by atoms with E-state index in [9.17, 15) is 0 Å². The molecule has 19 heavy (non-hydrogen) atoms. The average Bonchev–Trinajstić information content (AvgIpc) is 2.46. The van der Waals surface area contributed by atoms with Crippen LogP contribution in [-0.4, -0.2) is 23.6 Å². The number of hydrogen-bond donors (Lipinski definition) is 0. The van der Waals surface area contributed by atoms with Crippen LogP contribution in [0.25, 0.3) is 0 Å². The molecule has 0 aliphatic rings. The highest BCUT2D eigenvalue weighted by atomic mass is 15.2. The maximum atomic E-state index is 8.82. The SMILES string of the molecule is Cc1ccc(CCN(C)c2cc(C#N)ncn2)cc1. The summed E-state index contributed by atoms with van der Waals surface area (Å²) < 4.78 is 0. The van der Waals surface area contributed by atoms with Gasteiger partial charge in [-0.3, -0.25) is 0 Å². The maximum absolute atomic E-state index is 8.82. The summed E-state index contributed by atoms with van der Waals surface area (Å²) >= 11 is 0. The zero-order valence-electron chi connectivity index (χ0n) is 11.2. The molecule has 0 amide bonds. The molecule has 4 nitrogen and oxygen atoms in total. The molecule has 96 valence electrons. The van der Waals surface area contributed by atoms with Gasteiger partial charge in [0.1, 0.15) is 23.9 Å². The molecule has 2 rings (SSSR count). The van der Waals surface area contributed by atoms with Crippen molar-refractivity contribution in [2.45, 2.75) is 13.3 Å². The Morgan fingerprint density at radius 3 is 2.63 bits per heavy atom. The molecular formula is C15H16N4. The Morgan fingerprint density at radius 1 is 1.21 bits per heavy atom. The van der Waals surface area contributed by atoms with Gasteiger partial charge in [0.25, 0.3) is 0 Å². The first-order valence-corrected chi connectivity index (χ1v) is 6.18. The van der Waals surface area contributed by atoms with Crippen molar-refractivity contribution in [1.29, 1.82) is 5.26 Å². The van der Waals surface area contributed by atoms with E-state index >= 15 is 0 Å². The molecule has 0 unspecified atom stereocenters. The van der Waals surface area contributed by atoms with E-state index < -0.39 is 0 Å². The Kier molecular flexibility index (Phi) is 4.09. The standard InChI is InChI=1S/C15H16N4/c1-12-3-5-13(6-4-12)7-8-19(2)15-9-14(10-16)17-11-18-15/h3-6,9,11H,7-8H2,1-2H3. The van der Waals surface area contributed by atoms with Gasteiger partial charge < -0.3 is 4.90 Å². The van der Waals surface area contributed by atoms with E-state index in [-0.39, 0.29) is 0 Å². The number of nitriles is 1. The number of hydrogen-bond acceptors (Lipinski definition) is 4. The van der Waals surface area contributed by atoms with Gasteiger partial charge in [-0.25, -0.2) is 9.97 Å². The second-order valence-corrected chi connectivity index (χ2v) is 4.53. The monoisotopic (exact) mass is 252 g/mol. The lowest BCUT2D eigenvalue weighted by atomic mass is 10.1. The van der Waals surface area contributed by atoms with Crippen LogP contribution in [0.5, 0.6) is 0 Å². The normalized spacial score (nSPS) is 9.95. The number of benzene rings is 1. The molecule has 2 aromatic rings. The van der Waals surface area contributed by atoms with Crippen LogP contribution >= 0.6 is 0 Å². The van der Waals surface area contributed by atoms with Crippen molar-refractivity contribution in [3.05, 3.63) is 53.5 Å². The van der Waals surface area contributed by atoms with Crippen LogP contribution in [0, 0.1) is 18.3 Å². The van der Waals surface area contributed by atoms with E-state index in [0.29, 0.717) is 5.69 Å². The van der Waals surface area contributed by atoms with Gasteiger partial charge in [0.2, 0.25) is 0 Å². The summed E-state index contributed by atoms with van der Waals surface area (Å²) in [7, 11) is 1.97. The molecule has 0 bridgehead atoms. The predicted octanol–water partition coefficient (Wildman–Crippen LogP) is 2.34. The van der Waals surface area contributed by atoms with Gasteiger partial charge >= 0.3 is 0 Å². The van der Waals surface area contributed by atoms with Crippen molar-refractivity contribution in [1.82, 2.24) is 9.97 Å². The van der Waals surface area contributed by atoms with Gasteiger partial charge in [0.15, 0.2) is 0 Å². The molecular weight excluding hydrogens is 236 g/mol. The van der Waals surface area contributed by atoms with Crippen LogP contribution in [0.4, 0.5) is 5.82 Å². The Hall–Kier alpha value is -2.41. The Bertz CT molecular complexity index is 584. The molecule has 0 fully saturated rings. The fraction of sp³-hybridized carbons (Fsp3) is 0.267. The molecule has 0 atom stereocenters. The van der Waals surface area contributed by atoms with Crippen LogP contribution in [0.1, 0.15) is 16.8 Å². The highest BCUT2D eigenvalue weighted by molar-refractivity contribution is 5.41. The zero-order chi connectivity index (χ0) is 13.7. The molecule has 1 aromatic heterocycles. The summed E-state index contributed by atoms with van der Waals surface area (Å²) in [6.45, 7) is 2.94. The van der Waals surface area contributed by atoms with Gasteiger partial charge in [-0.2, -0.15) is 5.26 Å². The van der Waals surface area contributed by atoms with Gasteiger partial charge in [0, 0.05) is 19.7 Å². The highest BCUT2D eigenvalue weighted by Crippen LogP contribution is 2.10. The number of nitrogens with zero attached hydrogens (tertiary/aromatic N) is 4. The van der Waals surface area contributed by atoms with Crippen LogP contribution in [0.2, 0.25) is 0 Å². The van der Waals surface area contributed by atoms with Crippen LogP contribution < -0.4 is 4.90 Å². The predicted molar refractivity (Wildman–Crippen MR) is 74.9 cm³/mol. The molecule has 0 N–H and O–H groups in total. The largest absolute Gasteiger partial charge is 0.359 e. The van der Waals surface area contributed by atoms with Crippen molar-refractivity contribution in [2.75, 3.05) is 18.5 Å². The van der Waals surface area contributed by atoms with Crippen molar-refractivity contribution in [2.24, 2.45) is 0 Å². The number of anilines is 1. The second kappa shape index (κ2) is 5.96. The number of aromatic nitrogens is 2. The van der Waals surface area contributed by atoms with Crippen molar-refractivity contribution in [3.8, 4) is 6.07 Å².